The van der Waals surface area contributed by atoms with Crippen LogP contribution in [-0.2, 0) is 10.0 Å². The van der Waals surface area contributed by atoms with E-state index in [2.05, 4.69) is 15.4 Å². The molecule has 9 heteroatoms. The number of aryl methyl sites for hydroxylation is 1. The van der Waals surface area contributed by atoms with Gasteiger partial charge in [0.25, 0.3) is 15.9 Å². The van der Waals surface area contributed by atoms with E-state index in [9.17, 15) is 17.6 Å². The Morgan fingerprint density at radius 2 is 1.89 bits per heavy atom. The summed E-state index contributed by atoms with van der Waals surface area (Å²) >= 11 is 0. The minimum Gasteiger partial charge on any atom is -0.348 e. The number of carbonyl (C=O) groups excluding carboxylic acids is 1. The number of hydrogen-bond acceptors (Lipinski definition) is 4. The SMILES string of the molecule is Cc1cc(S(=O)(=O)Nc2ccc(C(=O)NC3CCNC3)cc2)ccc1F.Cl. The smallest absolute Gasteiger partial charge is 0.261 e. The highest BCUT2D eigenvalue weighted by Crippen LogP contribution is 2.19. The standard InChI is InChI=1S/C18H20FN3O3S.ClH/c1-12-10-16(6-7-17(12)19)26(24,25)22-14-4-2-13(3-5-14)18(23)21-15-8-9-20-11-15;/h2-7,10,15,20,22H,8-9,11H2,1H3,(H,21,23);1H. The van der Waals surface area contributed by atoms with Crippen LogP contribution in [0.1, 0.15) is 22.3 Å². The Balaban J connectivity index is 0.00000261. The van der Waals surface area contributed by atoms with E-state index in [-0.39, 0.29) is 34.8 Å². The lowest BCUT2D eigenvalue weighted by atomic mass is 10.1. The van der Waals surface area contributed by atoms with Gasteiger partial charge in [0.1, 0.15) is 5.82 Å². The van der Waals surface area contributed by atoms with Gasteiger partial charge in [0, 0.05) is 23.8 Å². The van der Waals surface area contributed by atoms with Crippen molar-refractivity contribution in [2.75, 3.05) is 17.8 Å². The van der Waals surface area contributed by atoms with Crippen LogP contribution in [0.3, 0.4) is 0 Å². The highest BCUT2D eigenvalue weighted by molar-refractivity contribution is 7.92. The van der Waals surface area contributed by atoms with Gasteiger partial charge in [-0.25, -0.2) is 12.8 Å². The molecule has 0 spiro atoms. The van der Waals surface area contributed by atoms with Crippen molar-refractivity contribution in [1.29, 1.82) is 0 Å². The van der Waals surface area contributed by atoms with Gasteiger partial charge >= 0.3 is 0 Å². The quantitative estimate of drug-likeness (QED) is 0.702. The second kappa shape index (κ2) is 8.69. The topological polar surface area (TPSA) is 87.3 Å². The van der Waals surface area contributed by atoms with Crippen LogP contribution in [-0.4, -0.2) is 33.5 Å². The molecule has 1 aliphatic rings. The number of sulfonamides is 1. The summed E-state index contributed by atoms with van der Waals surface area (Å²) in [4.78, 5) is 12.2. The van der Waals surface area contributed by atoms with Crippen LogP contribution >= 0.6 is 12.4 Å². The van der Waals surface area contributed by atoms with E-state index in [0.29, 0.717) is 11.3 Å². The molecule has 0 aliphatic carbocycles. The molecule has 1 saturated heterocycles. The molecule has 1 atom stereocenters. The van der Waals surface area contributed by atoms with Crippen molar-refractivity contribution in [1.82, 2.24) is 10.6 Å². The van der Waals surface area contributed by atoms with Crippen molar-refractivity contribution in [2.24, 2.45) is 0 Å². The summed E-state index contributed by atoms with van der Waals surface area (Å²) in [5, 5.41) is 6.10. The lowest BCUT2D eigenvalue weighted by Crippen LogP contribution is -2.36. The molecule has 3 N–H and O–H groups in total. The summed E-state index contributed by atoms with van der Waals surface area (Å²) in [6.45, 7) is 3.14. The second-order valence-corrected chi connectivity index (χ2v) is 7.94. The van der Waals surface area contributed by atoms with E-state index in [1.54, 1.807) is 12.1 Å². The second-order valence-electron chi connectivity index (χ2n) is 6.26. The summed E-state index contributed by atoms with van der Waals surface area (Å²) < 4.78 is 40.5. The first-order valence-corrected chi connectivity index (χ1v) is 9.74. The predicted octanol–water partition coefficient (Wildman–Crippen LogP) is 2.45. The summed E-state index contributed by atoms with van der Waals surface area (Å²) in [7, 11) is -3.83. The van der Waals surface area contributed by atoms with Gasteiger partial charge in [-0.3, -0.25) is 9.52 Å². The molecule has 0 aromatic heterocycles. The maximum atomic E-state index is 13.3. The van der Waals surface area contributed by atoms with Crippen LogP contribution < -0.4 is 15.4 Å². The molecule has 2 aromatic rings. The Morgan fingerprint density at radius 1 is 1.19 bits per heavy atom. The molecule has 1 fully saturated rings. The van der Waals surface area contributed by atoms with Crippen LogP contribution in [0.15, 0.2) is 47.4 Å². The summed E-state index contributed by atoms with van der Waals surface area (Å²) in [6, 6.07) is 9.89. The fourth-order valence-corrected chi connectivity index (χ4v) is 3.88. The monoisotopic (exact) mass is 413 g/mol. The average molecular weight is 414 g/mol. The Kier molecular flexibility index (Phi) is 6.80. The lowest BCUT2D eigenvalue weighted by Gasteiger charge is -2.12. The van der Waals surface area contributed by atoms with Gasteiger partial charge in [-0.05, 0) is 67.9 Å². The van der Waals surface area contributed by atoms with Gasteiger partial charge in [-0.2, -0.15) is 0 Å². The first-order valence-electron chi connectivity index (χ1n) is 8.26. The zero-order valence-corrected chi connectivity index (χ0v) is 16.3. The Hall–Kier alpha value is -2.16. The number of amides is 1. The molecule has 2 aromatic carbocycles. The fraction of sp³-hybridized carbons (Fsp3) is 0.278. The number of rotatable bonds is 5. The van der Waals surface area contributed by atoms with Crippen molar-refractivity contribution in [3.8, 4) is 0 Å². The van der Waals surface area contributed by atoms with E-state index in [0.717, 1.165) is 25.6 Å². The first-order chi connectivity index (χ1) is 12.3. The van der Waals surface area contributed by atoms with Crippen LogP contribution in [0.5, 0.6) is 0 Å². The molecule has 0 radical (unpaired) electrons. The molecule has 1 aliphatic heterocycles. The number of anilines is 1. The van der Waals surface area contributed by atoms with Crippen molar-refractivity contribution in [3.63, 3.8) is 0 Å². The summed E-state index contributed by atoms with van der Waals surface area (Å²) in [5.41, 5.74) is 1.03. The molecule has 1 heterocycles. The molecule has 3 rings (SSSR count). The van der Waals surface area contributed by atoms with Crippen molar-refractivity contribution < 1.29 is 17.6 Å². The zero-order chi connectivity index (χ0) is 18.7. The van der Waals surface area contributed by atoms with Crippen LogP contribution in [0.25, 0.3) is 0 Å². The molecular formula is C18H21ClFN3O3S. The first kappa shape index (κ1) is 21.1. The number of benzene rings is 2. The van der Waals surface area contributed by atoms with Gasteiger partial charge in [0.05, 0.1) is 4.90 Å². The Bertz CT molecular complexity index is 914. The van der Waals surface area contributed by atoms with Crippen LogP contribution in [0.4, 0.5) is 10.1 Å². The van der Waals surface area contributed by atoms with Crippen molar-refractivity contribution >= 4 is 34.0 Å². The molecule has 146 valence electrons. The number of hydrogen-bond donors (Lipinski definition) is 3. The Morgan fingerprint density at radius 3 is 2.48 bits per heavy atom. The largest absolute Gasteiger partial charge is 0.348 e. The van der Waals surface area contributed by atoms with E-state index in [1.165, 1.54) is 31.2 Å². The molecule has 6 nitrogen and oxygen atoms in total. The lowest BCUT2D eigenvalue weighted by molar-refractivity contribution is 0.0940. The van der Waals surface area contributed by atoms with Crippen LogP contribution in [0, 0.1) is 12.7 Å². The molecule has 0 bridgehead atoms. The van der Waals surface area contributed by atoms with Gasteiger partial charge in [-0.15, -0.1) is 12.4 Å². The van der Waals surface area contributed by atoms with Gasteiger partial charge in [-0.1, -0.05) is 0 Å². The predicted molar refractivity (Wildman–Crippen MR) is 104 cm³/mol. The minimum absolute atomic E-state index is 0. The highest BCUT2D eigenvalue weighted by atomic mass is 35.5. The van der Waals surface area contributed by atoms with Gasteiger partial charge in [0.2, 0.25) is 0 Å². The van der Waals surface area contributed by atoms with Crippen molar-refractivity contribution in [2.45, 2.75) is 24.3 Å². The molecular weight excluding hydrogens is 393 g/mol. The highest BCUT2D eigenvalue weighted by Gasteiger charge is 2.18. The van der Waals surface area contributed by atoms with E-state index in [1.807, 2.05) is 0 Å². The van der Waals surface area contributed by atoms with E-state index >= 15 is 0 Å². The summed E-state index contributed by atoms with van der Waals surface area (Å²) in [5.74, 6) is -0.654. The van der Waals surface area contributed by atoms with Crippen molar-refractivity contribution in [3.05, 3.63) is 59.4 Å². The third-order valence-corrected chi connectivity index (χ3v) is 5.61. The molecule has 1 amide bonds. The number of halogens is 2. The third-order valence-electron chi connectivity index (χ3n) is 4.23. The van der Waals surface area contributed by atoms with E-state index < -0.39 is 15.8 Å². The zero-order valence-electron chi connectivity index (χ0n) is 14.7. The maximum absolute atomic E-state index is 13.3. The Labute approximate surface area is 164 Å². The average Bonchev–Trinajstić information content (AvgIpc) is 3.10. The fourth-order valence-electron chi connectivity index (χ4n) is 2.73. The molecule has 1 unspecified atom stereocenters. The number of carbonyl (C=O) groups is 1. The maximum Gasteiger partial charge on any atom is 0.261 e. The molecule has 0 saturated carbocycles. The van der Waals surface area contributed by atoms with Crippen LogP contribution in [0.2, 0.25) is 0 Å². The molecule has 27 heavy (non-hydrogen) atoms. The normalized spacial score (nSPS) is 16.4. The summed E-state index contributed by atoms with van der Waals surface area (Å²) in [6.07, 6.45) is 0.890. The number of nitrogens with one attached hydrogen (secondary N) is 3. The van der Waals surface area contributed by atoms with E-state index in [4.69, 9.17) is 0 Å². The minimum atomic E-state index is -3.83. The third kappa shape index (κ3) is 5.18. The van der Waals surface area contributed by atoms with Gasteiger partial charge in [0.15, 0.2) is 0 Å². The van der Waals surface area contributed by atoms with Gasteiger partial charge < -0.3 is 10.6 Å².